The third kappa shape index (κ3) is 2.17. The van der Waals surface area contributed by atoms with Crippen molar-refractivity contribution in [1.29, 1.82) is 0 Å². The van der Waals surface area contributed by atoms with Crippen LogP contribution in [0.25, 0.3) is 0 Å². The number of ether oxygens (including phenoxy) is 1. The van der Waals surface area contributed by atoms with Gasteiger partial charge in [0.25, 0.3) is 0 Å². The van der Waals surface area contributed by atoms with E-state index in [1.807, 2.05) is 7.05 Å². The highest BCUT2D eigenvalue weighted by Gasteiger charge is 2.29. The molecule has 2 heteroatoms. The fourth-order valence-corrected chi connectivity index (χ4v) is 1.87. The van der Waals surface area contributed by atoms with Gasteiger partial charge in [0.2, 0.25) is 0 Å². The zero-order valence-corrected chi connectivity index (χ0v) is 7.76. The Hall–Kier alpha value is -0.0800. The standard InChI is InChI=1S/C9H19NO/c1-7(2)9-8(6-10-3)4-5-11-9/h7-10H,4-6H2,1-3H3. The second-order valence-electron chi connectivity index (χ2n) is 3.69. The highest BCUT2D eigenvalue weighted by Crippen LogP contribution is 2.25. The van der Waals surface area contributed by atoms with Gasteiger partial charge in [0.15, 0.2) is 0 Å². The van der Waals surface area contributed by atoms with Gasteiger partial charge >= 0.3 is 0 Å². The van der Waals surface area contributed by atoms with Crippen LogP contribution in [0.4, 0.5) is 0 Å². The van der Waals surface area contributed by atoms with Crippen LogP contribution >= 0.6 is 0 Å². The Morgan fingerprint density at radius 3 is 2.82 bits per heavy atom. The van der Waals surface area contributed by atoms with Gasteiger partial charge in [-0.05, 0) is 25.3 Å². The van der Waals surface area contributed by atoms with Crippen molar-refractivity contribution in [3.63, 3.8) is 0 Å². The maximum atomic E-state index is 5.64. The molecule has 0 aliphatic carbocycles. The smallest absolute Gasteiger partial charge is 0.0639 e. The first kappa shape index (κ1) is 9.01. The molecule has 2 atom stereocenters. The third-order valence-corrected chi connectivity index (χ3v) is 2.39. The number of hydrogen-bond acceptors (Lipinski definition) is 2. The first-order chi connectivity index (χ1) is 5.25. The molecule has 1 N–H and O–H groups in total. The van der Waals surface area contributed by atoms with Crippen molar-refractivity contribution in [3.8, 4) is 0 Å². The topological polar surface area (TPSA) is 21.3 Å². The molecule has 0 aromatic heterocycles. The van der Waals surface area contributed by atoms with E-state index >= 15 is 0 Å². The Morgan fingerprint density at radius 2 is 2.27 bits per heavy atom. The Morgan fingerprint density at radius 1 is 1.55 bits per heavy atom. The van der Waals surface area contributed by atoms with Crippen molar-refractivity contribution in [2.45, 2.75) is 26.4 Å². The molecule has 0 radical (unpaired) electrons. The summed E-state index contributed by atoms with van der Waals surface area (Å²) in [5, 5.41) is 3.21. The summed E-state index contributed by atoms with van der Waals surface area (Å²) >= 11 is 0. The van der Waals surface area contributed by atoms with Crippen LogP contribution in [-0.4, -0.2) is 26.3 Å². The molecular formula is C9H19NO. The van der Waals surface area contributed by atoms with Gasteiger partial charge in [-0.25, -0.2) is 0 Å². The molecule has 0 bridgehead atoms. The van der Waals surface area contributed by atoms with E-state index in [1.54, 1.807) is 0 Å². The van der Waals surface area contributed by atoms with E-state index in [9.17, 15) is 0 Å². The second-order valence-corrected chi connectivity index (χ2v) is 3.69. The molecule has 2 nitrogen and oxygen atoms in total. The molecule has 1 aliphatic rings. The molecule has 2 unspecified atom stereocenters. The molecule has 1 saturated heterocycles. The average Bonchev–Trinajstić information content (AvgIpc) is 2.36. The Labute approximate surface area is 69.3 Å². The summed E-state index contributed by atoms with van der Waals surface area (Å²) in [5.74, 6) is 1.40. The lowest BCUT2D eigenvalue weighted by molar-refractivity contribution is 0.0544. The quantitative estimate of drug-likeness (QED) is 0.666. The highest BCUT2D eigenvalue weighted by molar-refractivity contribution is 4.79. The molecule has 0 aromatic rings. The van der Waals surface area contributed by atoms with Crippen molar-refractivity contribution in [1.82, 2.24) is 5.32 Å². The molecule has 0 saturated carbocycles. The molecule has 11 heavy (non-hydrogen) atoms. The zero-order chi connectivity index (χ0) is 8.27. The van der Waals surface area contributed by atoms with Crippen molar-refractivity contribution in [2.75, 3.05) is 20.2 Å². The molecular weight excluding hydrogens is 138 g/mol. The third-order valence-electron chi connectivity index (χ3n) is 2.39. The SMILES string of the molecule is CNCC1CCOC1C(C)C. The highest BCUT2D eigenvalue weighted by atomic mass is 16.5. The summed E-state index contributed by atoms with van der Waals surface area (Å²) in [4.78, 5) is 0. The largest absolute Gasteiger partial charge is 0.378 e. The van der Waals surface area contributed by atoms with E-state index < -0.39 is 0 Å². The minimum atomic E-state index is 0.488. The van der Waals surface area contributed by atoms with Gasteiger partial charge in [0.1, 0.15) is 0 Å². The van der Waals surface area contributed by atoms with E-state index in [4.69, 9.17) is 4.74 Å². The van der Waals surface area contributed by atoms with E-state index in [0.29, 0.717) is 12.0 Å². The van der Waals surface area contributed by atoms with Gasteiger partial charge in [-0.3, -0.25) is 0 Å². The van der Waals surface area contributed by atoms with Gasteiger partial charge in [-0.2, -0.15) is 0 Å². The van der Waals surface area contributed by atoms with Crippen LogP contribution in [0.3, 0.4) is 0 Å². The summed E-state index contributed by atoms with van der Waals surface area (Å²) in [6.45, 7) is 6.52. The molecule has 0 spiro atoms. The van der Waals surface area contributed by atoms with E-state index in [0.717, 1.165) is 19.1 Å². The molecule has 66 valence electrons. The van der Waals surface area contributed by atoms with Crippen LogP contribution in [0.5, 0.6) is 0 Å². The Kier molecular flexibility index (Phi) is 3.34. The van der Waals surface area contributed by atoms with Gasteiger partial charge in [-0.1, -0.05) is 13.8 Å². The fraction of sp³-hybridized carbons (Fsp3) is 1.00. The summed E-state index contributed by atoms with van der Waals surface area (Å²) in [6.07, 6.45) is 1.71. The summed E-state index contributed by atoms with van der Waals surface area (Å²) in [6, 6.07) is 0. The number of rotatable bonds is 3. The predicted octanol–water partition coefficient (Wildman–Crippen LogP) is 1.27. The first-order valence-corrected chi connectivity index (χ1v) is 4.52. The lowest BCUT2D eigenvalue weighted by Crippen LogP contribution is -2.29. The maximum absolute atomic E-state index is 5.64. The summed E-state index contributed by atoms with van der Waals surface area (Å²) in [7, 11) is 2.01. The average molecular weight is 157 g/mol. The lowest BCUT2D eigenvalue weighted by Gasteiger charge is -2.21. The second kappa shape index (κ2) is 4.07. The molecule has 0 amide bonds. The van der Waals surface area contributed by atoms with Crippen LogP contribution in [-0.2, 0) is 4.74 Å². The van der Waals surface area contributed by atoms with Crippen LogP contribution in [0.15, 0.2) is 0 Å². The van der Waals surface area contributed by atoms with Crippen LogP contribution < -0.4 is 5.32 Å². The predicted molar refractivity (Wildman–Crippen MR) is 46.6 cm³/mol. The van der Waals surface area contributed by atoms with Gasteiger partial charge in [0.05, 0.1) is 6.10 Å². The number of hydrogen-bond donors (Lipinski definition) is 1. The molecule has 1 aliphatic heterocycles. The Balaban J connectivity index is 2.37. The van der Waals surface area contributed by atoms with Crippen LogP contribution in [0, 0.1) is 11.8 Å². The lowest BCUT2D eigenvalue weighted by atomic mass is 9.93. The zero-order valence-electron chi connectivity index (χ0n) is 7.76. The van der Waals surface area contributed by atoms with Crippen molar-refractivity contribution < 1.29 is 4.74 Å². The number of nitrogens with one attached hydrogen (secondary N) is 1. The molecule has 0 aromatic carbocycles. The Bertz CT molecular complexity index is 114. The van der Waals surface area contributed by atoms with E-state index in [2.05, 4.69) is 19.2 Å². The maximum Gasteiger partial charge on any atom is 0.0639 e. The van der Waals surface area contributed by atoms with Crippen molar-refractivity contribution in [2.24, 2.45) is 11.8 Å². The molecule has 1 rings (SSSR count). The summed E-state index contributed by atoms with van der Waals surface area (Å²) in [5.41, 5.74) is 0. The van der Waals surface area contributed by atoms with Crippen LogP contribution in [0.2, 0.25) is 0 Å². The normalized spacial score (nSPS) is 31.6. The van der Waals surface area contributed by atoms with Crippen LogP contribution in [0.1, 0.15) is 20.3 Å². The van der Waals surface area contributed by atoms with Crippen molar-refractivity contribution >= 4 is 0 Å². The molecule has 1 heterocycles. The monoisotopic (exact) mass is 157 g/mol. The van der Waals surface area contributed by atoms with E-state index in [-0.39, 0.29) is 0 Å². The van der Waals surface area contributed by atoms with Gasteiger partial charge in [-0.15, -0.1) is 0 Å². The minimum absolute atomic E-state index is 0.488. The van der Waals surface area contributed by atoms with Gasteiger partial charge < -0.3 is 10.1 Å². The minimum Gasteiger partial charge on any atom is -0.378 e. The van der Waals surface area contributed by atoms with E-state index in [1.165, 1.54) is 6.42 Å². The molecule has 1 fully saturated rings. The summed E-state index contributed by atoms with van der Waals surface area (Å²) < 4.78 is 5.64. The van der Waals surface area contributed by atoms with Crippen molar-refractivity contribution in [3.05, 3.63) is 0 Å². The fourth-order valence-electron chi connectivity index (χ4n) is 1.87. The first-order valence-electron chi connectivity index (χ1n) is 4.52. The van der Waals surface area contributed by atoms with Gasteiger partial charge in [0, 0.05) is 13.2 Å².